The van der Waals surface area contributed by atoms with Gasteiger partial charge < -0.3 is 10.4 Å². The third-order valence-electron chi connectivity index (χ3n) is 2.53. The van der Waals surface area contributed by atoms with E-state index in [-0.39, 0.29) is 11.5 Å². The van der Waals surface area contributed by atoms with E-state index in [9.17, 15) is 9.59 Å². The quantitative estimate of drug-likeness (QED) is 0.659. The summed E-state index contributed by atoms with van der Waals surface area (Å²) in [4.78, 5) is 23.2. The number of halogens is 3. The SMILES string of the molecule is O=C(O)c1cc(Br)cc(NC(=O)c2cc(Br)cc(Br)c2)c1. The third-order valence-corrected chi connectivity index (χ3v) is 3.90. The minimum Gasteiger partial charge on any atom is -0.478 e. The topological polar surface area (TPSA) is 66.4 Å². The molecule has 21 heavy (non-hydrogen) atoms. The van der Waals surface area contributed by atoms with Gasteiger partial charge in [-0.3, -0.25) is 4.79 Å². The first kappa shape index (κ1) is 16.2. The van der Waals surface area contributed by atoms with Gasteiger partial charge in [0.25, 0.3) is 5.91 Å². The number of carbonyl (C=O) groups excluding carboxylic acids is 1. The molecule has 0 spiro atoms. The van der Waals surface area contributed by atoms with Crippen molar-refractivity contribution in [2.24, 2.45) is 0 Å². The van der Waals surface area contributed by atoms with Crippen LogP contribution in [0.5, 0.6) is 0 Å². The monoisotopic (exact) mass is 475 g/mol. The molecule has 2 N–H and O–H groups in total. The van der Waals surface area contributed by atoms with Gasteiger partial charge in [-0.2, -0.15) is 0 Å². The van der Waals surface area contributed by atoms with Gasteiger partial charge in [0.15, 0.2) is 0 Å². The minimum atomic E-state index is -1.06. The number of nitrogens with one attached hydrogen (secondary N) is 1. The molecule has 0 fully saturated rings. The standard InChI is InChI=1S/C14H8Br3NO3/c15-9-1-7(2-10(16)5-9)13(19)18-12-4-8(14(20)21)3-11(17)6-12/h1-6H,(H,18,19)(H,20,21). The van der Waals surface area contributed by atoms with Crippen LogP contribution in [0, 0.1) is 0 Å². The van der Waals surface area contributed by atoms with Gasteiger partial charge in [-0.1, -0.05) is 47.8 Å². The van der Waals surface area contributed by atoms with Crippen LogP contribution in [0.4, 0.5) is 5.69 Å². The molecule has 2 rings (SSSR count). The van der Waals surface area contributed by atoms with Crippen LogP contribution in [-0.2, 0) is 0 Å². The highest BCUT2D eigenvalue weighted by atomic mass is 79.9. The largest absolute Gasteiger partial charge is 0.478 e. The molecule has 0 saturated carbocycles. The van der Waals surface area contributed by atoms with Crippen molar-refractivity contribution < 1.29 is 14.7 Å². The van der Waals surface area contributed by atoms with E-state index < -0.39 is 5.97 Å². The number of carboxylic acid groups (broad SMARTS) is 1. The average molecular weight is 478 g/mol. The highest BCUT2D eigenvalue weighted by Crippen LogP contribution is 2.23. The molecule has 4 nitrogen and oxygen atoms in total. The van der Waals surface area contributed by atoms with E-state index in [4.69, 9.17) is 5.11 Å². The molecule has 2 aromatic carbocycles. The van der Waals surface area contributed by atoms with Crippen LogP contribution in [0.2, 0.25) is 0 Å². The zero-order valence-corrected chi connectivity index (χ0v) is 15.1. The molecule has 0 unspecified atom stereocenters. The fraction of sp³-hybridized carbons (Fsp3) is 0. The molecule has 0 aromatic heterocycles. The third kappa shape index (κ3) is 4.39. The van der Waals surface area contributed by atoms with Crippen molar-refractivity contribution in [2.75, 3.05) is 5.32 Å². The molecule has 0 saturated heterocycles. The predicted octanol–water partition coefficient (Wildman–Crippen LogP) is 4.92. The van der Waals surface area contributed by atoms with E-state index in [1.54, 1.807) is 18.2 Å². The van der Waals surface area contributed by atoms with Crippen LogP contribution in [-0.4, -0.2) is 17.0 Å². The van der Waals surface area contributed by atoms with Crippen molar-refractivity contribution in [3.63, 3.8) is 0 Å². The Morgan fingerprint density at radius 2 is 1.33 bits per heavy atom. The van der Waals surface area contributed by atoms with Gasteiger partial charge in [0, 0.05) is 24.7 Å². The zero-order chi connectivity index (χ0) is 15.6. The van der Waals surface area contributed by atoms with Gasteiger partial charge >= 0.3 is 5.97 Å². The predicted molar refractivity (Wildman–Crippen MR) is 90.9 cm³/mol. The van der Waals surface area contributed by atoms with Crippen molar-refractivity contribution in [2.45, 2.75) is 0 Å². The Morgan fingerprint density at radius 1 is 0.810 bits per heavy atom. The normalized spacial score (nSPS) is 10.2. The molecular weight excluding hydrogens is 470 g/mol. The lowest BCUT2D eigenvalue weighted by Gasteiger charge is -2.08. The second-order valence-electron chi connectivity index (χ2n) is 4.15. The van der Waals surface area contributed by atoms with Gasteiger partial charge in [-0.05, 0) is 36.4 Å². The molecule has 2 aromatic rings. The first-order valence-electron chi connectivity index (χ1n) is 5.66. The summed E-state index contributed by atoms with van der Waals surface area (Å²) < 4.78 is 2.11. The molecule has 108 valence electrons. The molecule has 0 aliphatic rings. The minimum absolute atomic E-state index is 0.0927. The van der Waals surface area contributed by atoms with E-state index in [1.807, 2.05) is 6.07 Å². The lowest BCUT2D eigenvalue weighted by Crippen LogP contribution is -2.12. The molecule has 1 amide bonds. The highest BCUT2D eigenvalue weighted by molar-refractivity contribution is 9.11. The summed E-state index contributed by atoms with van der Waals surface area (Å²) in [5, 5.41) is 11.7. The number of hydrogen-bond donors (Lipinski definition) is 2. The maximum atomic E-state index is 12.2. The van der Waals surface area contributed by atoms with Crippen LogP contribution in [0.3, 0.4) is 0 Å². The fourth-order valence-electron chi connectivity index (χ4n) is 1.67. The Kier molecular flexibility index (Phi) is 5.18. The number of rotatable bonds is 3. The Morgan fingerprint density at radius 3 is 1.90 bits per heavy atom. The molecular formula is C14H8Br3NO3. The molecule has 0 aliphatic heterocycles. The summed E-state index contributed by atoms with van der Waals surface area (Å²) in [5.74, 6) is -1.39. The number of carbonyl (C=O) groups is 2. The smallest absolute Gasteiger partial charge is 0.335 e. The summed E-state index contributed by atoms with van der Waals surface area (Å²) in [7, 11) is 0. The van der Waals surface area contributed by atoms with Crippen molar-refractivity contribution >= 4 is 65.4 Å². The number of aromatic carboxylic acids is 1. The number of hydrogen-bond acceptors (Lipinski definition) is 2. The molecule has 0 radical (unpaired) electrons. The number of carboxylic acids is 1. The lowest BCUT2D eigenvalue weighted by atomic mass is 10.2. The second-order valence-corrected chi connectivity index (χ2v) is 6.89. The van der Waals surface area contributed by atoms with E-state index >= 15 is 0 Å². The Bertz CT molecular complexity index is 711. The molecule has 0 bridgehead atoms. The number of amides is 1. The summed E-state index contributed by atoms with van der Waals surface area (Å²) in [6.45, 7) is 0. The van der Waals surface area contributed by atoms with Gasteiger partial charge in [0.1, 0.15) is 0 Å². The Labute approximate surface area is 145 Å². The van der Waals surface area contributed by atoms with E-state index in [2.05, 4.69) is 53.1 Å². The summed E-state index contributed by atoms with van der Waals surface area (Å²) in [6.07, 6.45) is 0. The van der Waals surface area contributed by atoms with Gasteiger partial charge in [-0.25, -0.2) is 4.79 Å². The van der Waals surface area contributed by atoms with Gasteiger partial charge in [0.2, 0.25) is 0 Å². The maximum absolute atomic E-state index is 12.2. The second kappa shape index (κ2) is 6.72. The molecule has 0 aliphatic carbocycles. The van der Waals surface area contributed by atoms with Gasteiger partial charge in [0.05, 0.1) is 5.56 Å². The van der Waals surface area contributed by atoms with Crippen LogP contribution >= 0.6 is 47.8 Å². The number of benzene rings is 2. The van der Waals surface area contributed by atoms with Crippen LogP contribution < -0.4 is 5.32 Å². The fourth-order valence-corrected chi connectivity index (χ4v) is 3.46. The van der Waals surface area contributed by atoms with Crippen molar-refractivity contribution in [1.29, 1.82) is 0 Å². The maximum Gasteiger partial charge on any atom is 0.335 e. The zero-order valence-electron chi connectivity index (χ0n) is 10.4. The van der Waals surface area contributed by atoms with Crippen LogP contribution in [0.15, 0.2) is 49.8 Å². The van der Waals surface area contributed by atoms with Crippen molar-refractivity contribution in [1.82, 2.24) is 0 Å². The number of anilines is 1. The van der Waals surface area contributed by atoms with E-state index in [1.165, 1.54) is 12.1 Å². The van der Waals surface area contributed by atoms with Crippen LogP contribution in [0.25, 0.3) is 0 Å². The first-order chi connectivity index (χ1) is 9.85. The van der Waals surface area contributed by atoms with E-state index in [0.717, 1.165) is 8.95 Å². The van der Waals surface area contributed by atoms with Crippen LogP contribution in [0.1, 0.15) is 20.7 Å². The lowest BCUT2D eigenvalue weighted by molar-refractivity contribution is 0.0696. The van der Waals surface area contributed by atoms with Gasteiger partial charge in [-0.15, -0.1) is 0 Å². The molecule has 0 atom stereocenters. The molecule has 7 heteroatoms. The molecule has 0 heterocycles. The van der Waals surface area contributed by atoms with E-state index in [0.29, 0.717) is 15.7 Å². The Balaban J connectivity index is 2.29. The van der Waals surface area contributed by atoms with Crippen molar-refractivity contribution in [3.8, 4) is 0 Å². The summed E-state index contributed by atoms with van der Waals surface area (Å²) in [6, 6.07) is 9.67. The highest BCUT2D eigenvalue weighted by Gasteiger charge is 2.11. The van der Waals surface area contributed by atoms with Crippen molar-refractivity contribution in [3.05, 3.63) is 60.9 Å². The summed E-state index contributed by atoms with van der Waals surface area (Å²) >= 11 is 9.85. The Hall–Kier alpha value is -1.18. The summed E-state index contributed by atoms with van der Waals surface area (Å²) in [5.41, 5.74) is 0.950. The average Bonchev–Trinajstić information content (AvgIpc) is 2.36. The first-order valence-corrected chi connectivity index (χ1v) is 8.04.